The summed E-state index contributed by atoms with van der Waals surface area (Å²) in [6, 6.07) is 14.0. The highest BCUT2D eigenvalue weighted by molar-refractivity contribution is 5.94. The van der Waals surface area contributed by atoms with Crippen LogP contribution < -0.4 is 21.3 Å². The van der Waals surface area contributed by atoms with Crippen molar-refractivity contribution in [2.75, 3.05) is 12.8 Å². The first-order valence-electron chi connectivity index (χ1n) is 6.35. The van der Waals surface area contributed by atoms with Crippen molar-refractivity contribution in [1.29, 1.82) is 0 Å². The lowest BCUT2D eigenvalue weighted by Gasteiger charge is -2.11. The van der Waals surface area contributed by atoms with E-state index >= 15 is 0 Å². The van der Waals surface area contributed by atoms with Crippen LogP contribution in [0.3, 0.4) is 0 Å². The Morgan fingerprint density at radius 2 is 1.57 bits per heavy atom. The fraction of sp³-hybridized carbons (Fsp3) is 0.0625. The molecule has 0 aliphatic rings. The number of nitrogens with one attached hydrogen (secondary N) is 2. The van der Waals surface area contributed by atoms with Crippen LogP contribution in [0.5, 0.6) is 5.75 Å². The van der Waals surface area contributed by atoms with Crippen molar-refractivity contribution in [2.45, 2.75) is 0 Å². The van der Waals surface area contributed by atoms with Crippen LogP contribution in [0.25, 0.3) is 5.70 Å². The summed E-state index contributed by atoms with van der Waals surface area (Å²) in [5.74, 6) is 0.502. The molecule has 2 aromatic rings. The number of rotatable bonds is 5. The molecule has 0 saturated carbocycles. The topological polar surface area (TPSA) is 76.4 Å². The lowest BCUT2D eigenvalue weighted by Crippen LogP contribution is -2.35. The number of hydrogen-bond acceptors (Lipinski definition) is 4. The lowest BCUT2D eigenvalue weighted by molar-refractivity contribution is 0.0942. The Balaban J connectivity index is 1.93. The number of benzene rings is 2. The summed E-state index contributed by atoms with van der Waals surface area (Å²) >= 11 is 0. The molecule has 0 atom stereocenters. The van der Waals surface area contributed by atoms with Crippen LogP contribution in [-0.4, -0.2) is 13.0 Å². The molecule has 5 nitrogen and oxygen atoms in total. The Morgan fingerprint density at radius 3 is 2.14 bits per heavy atom. The van der Waals surface area contributed by atoms with Gasteiger partial charge in [-0.2, -0.15) is 0 Å². The molecule has 0 unspecified atom stereocenters. The van der Waals surface area contributed by atoms with E-state index in [1.54, 1.807) is 31.4 Å². The molecule has 0 aliphatic carbocycles. The van der Waals surface area contributed by atoms with Gasteiger partial charge in [0.2, 0.25) is 0 Å². The Kier molecular flexibility index (Phi) is 4.46. The van der Waals surface area contributed by atoms with Gasteiger partial charge in [-0.05, 0) is 54.1 Å². The highest BCUT2D eigenvalue weighted by Gasteiger charge is 2.05. The largest absolute Gasteiger partial charge is 0.497 e. The predicted octanol–water partition coefficient (Wildman–Crippen LogP) is 2.18. The highest BCUT2D eigenvalue weighted by Crippen LogP contribution is 2.15. The first-order chi connectivity index (χ1) is 10.1. The van der Waals surface area contributed by atoms with Crippen molar-refractivity contribution < 1.29 is 9.53 Å². The number of nitrogen functional groups attached to an aromatic ring is 1. The summed E-state index contributed by atoms with van der Waals surface area (Å²) in [6.07, 6.45) is 0. The molecule has 108 valence electrons. The average molecular weight is 283 g/mol. The van der Waals surface area contributed by atoms with Gasteiger partial charge in [0.05, 0.1) is 12.8 Å². The van der Waals surface area contributed by atoms with E-state index in [9.17, 15) is 4.79 Å². The number of ether oxygens (including phenoxy) is 1. The molecule has 0 heterocycles. The van der Waals surface area contributed by atoms with E-state index in [0.29, 0.717) is 16.9 Å². The van der Waals surface area contributed by atoms with Crippen LogP contribution in [0.2, 0.25) is 0 Å². The van der Waals surface area contributed by atoms with Crippen molar-refractivity contribution in [3.8, 4) is 5.75 Å². The maximum absolute atomic E-state index is 11.9. The summed E-state index contributed by atoms with van der Waals surface area (Å²) in [5.41, 5.74) is 13.5. The normalized spacial score (nSPS) is 9.76. The van der Waals surface area contributed by atoms with Gasteiger partial charge in [0, 0.05) is 11.3 Å². The van der Waals surface area contributed by atoms with Gasteiger partial charge >= 0.3 is 0 Å². The van der Waals surface area contributed by atoms with Crippen LogP contribution in [0, 0.1) is 0 Å². The molecule has 0 bridgehead atoms. The number of hydrazine groups is 1. The van der Waals surface area contributed by atoms with Gasteiger partial charge in [-0.3, -0.25) is 15.6 Å². The second kappa shape index (κ2) is 6.47. The molecular formula is C16H17N3O2. The summed E-state index contributed by atoms with van der Waals surface area (Å²) in [4.78, 5) is 11.9. The van der Waals surface area contributed by atoms with Crippen LogP contribution in [-0.2, 0) is 0 Å². The second-order valence-corrected chi connectivity index (χ2v) is 4.41. The van der Waals surface area contributed by atoms with Crippen LogP contribution in [0.15, 0.2) is 55.1 Å². The van der Waals surface area contributed by atoms with Crippen LogP contribution >= 0.6 is 0 Å². The average Bonchev–Trinajstić information content (AvgIpc) is 2.53. The molecule has 21 heavy (non-hydrogen) atoms. The predicted molar refractivity (Wildman–Crippen MR) is 83.5 cm³/mol. The van der Waals surface area contributed by atoms with E-state index in [1.807, 2.05) is 24.3 Å². The number of hydrogen-bond donors (Lipinski definition) is 3. The minimum Gasteiger partial charge on any atom is -0.497 e. The highest BCUT2D eigenvalue weighted by atomic mass is 16.5. The van der Waals surface area contributed by atoms with E-state index in [1.165, 1.54) is 0 Å². The molecule has 2 rings (SSSR count). The molecule has 0 fully saturated rings. The fourth-order valence-corrected chi connectivity index (χ4v) is 1.70. The second-order valence-electron chi connectivity index (χ2n) is 4.41. The Bertz CT molecular complexity index is 634. The Morgan fingerprint density at radius 1 is 1.00 bits per heavy atom. The molecule has 0 spiro atoms. The molecule has 0 saturated heterocycles. The number of carbonyl (C=O) groups is 1. The SMILES string of the molecule is C=C(NNC(=O)c1ccc(N)cc1)c1ccc(OC)cc1. The molecule has 2 aromatic carbocycles. The Hall–Kier alpha value is -2.95. The minimum atomic E-state index is -0.260. The van der Waals surface area contributed by atoms with Gasteiger partial charge in [-0.15, -0.1) is 0 Å². The third kappa shape index (κ3) is 3.76. The van der Waals surface area contributed by atoms with Gasteiger partial charge in [-0.25, -0.2) is 0 Å². The smallest absolute Gasteiger partial charge is 0.269 e. The third-order valence-corrected chi connectivity index (χ3v) is 2.94. The van der Waals surface area contributed by atoms with Crippen molar-refractivity contribution >= 4 is 17.3 Å². The molecule has 5 heteroatoms. The van der Waals surface area contributed by atoms with Crippen molar-refractivity contribution in [2.24, 2.45) is 0 Å². The van der Waals surface area contributed by atoms with Crippen molar-refractivity contribution in [1.82, 2.24) is 10.9 Å². The zero-order valence-corrected chi connectivity index (χ0v) is 11.7. The number of methoxy groups -OCH3 is 1. The molecule has 1 amide bonds. The van der Waals surface area contributed by atoms with E-state index in [2.05, 4.69) is 17.4 Å². The molecule has 0 aromatic heterocycles. The van der Waals surface area contributed by atoms with E-state index in [0.717, 1.165) is 11.3 Å². The summed E-state index contributed by atoms with van der Waals surface area (Å²) < 4.78 is 5.08. The van der Waals surface area contributed by atoms with Gasteiger partial charge in [0.15, 0.2) is 0 Å². The first kappa shape index (κ1) is 14.5. The zero-order valence-electron chi connectivity index (χ0n) is 11.7. The van der Waals surface area contributed by atoms with Crippen LogP contribution in [0.4, 0.5) is 5.69 Å². The fourth-order valence-electron chi connectivity index (χ4n) is 1.70. The molecule has 0 radical (unpaired) electrons. The zero-order chi connectivity index (χ0) is 15.2. The standard InChI is InChI=1S/C16H17N3O2/c1-11(12-5-9-15(21-2)10-6-12)18-19-16(20)13-3-7-14(17)8-4-13/h3-10,18H,1,17H2,2H3,(H,19,20). The summed E-state index contributed by atoms with van der Waals surface area (Å²) in [5, 5.41) is 0. The molecule has 0 aliphatic heterocycles. The number of anilines is 1. The first-order valence-corrected chi connectivity index (χ1v) is 6.35. The molecule has 4 N–H and O–H groups in total. The number of amides is 1. The van der Waals surface area contributed by atoms with Crippen molar-refractivity contribution in [3.63, 3.8) is 0 Å². The van der Waals surface area contributed by atoms with E-state index in [-0.39, 0.29) is 5.91 Å². The third-order valence-electron chi connectivity index (χ3n) is 2.94. The van der Waals surface area contributed by atoms with E-state index < -0.39 is 0 Å². The number of carbonyl (C=O) groups excluding carboxylic acids is 1. The maximum Gasteiger partial charge on any atom is 0.269 e. The Labute approximate surface area is 123 Å². The van der Waals surface area contributed by atoms with Crippen LogP contribution in [0.1, 0.15) is 15.9 Å². The minimum absolute atomic E-state index is 0.260. The maximum atomic E-state index is 11.9. The van der Waals surface area contributed by atoms with E-state index in [4.69, 9.17) is 10.5 Å². The summed E-state index contributed by atoms with van der Waals surface area (Å²) in [6.45, 7) is 3.87. The monoisotopic (exact) mass is 283 g/mol. The summed E-state index contributed by atoms with van der Waals surface area (Å²) in [7, 11) is 1.61. The lowest BCUT2D eigenvalue weighted by atomic mass is 10.2. The quantitative estimate of drug-likeness (QED) is 0.580. The van der Waals surface area contributed by atoms with Gasteiger partial charge in [0.1, 0.15) is 5.75 Å². The van der Waals surface area contributed by atoms with Gasteiger partial charge in [-0.1, -0.05) is 6.58 Å². The number of nitrogens with two attached hydrogens (primary N) is 1. The van der Waals surface area contributed by atoms with Crippen molar-refractivity contribution in [3.05, 3.63) is 66.2 Å². The van der Waals surface area contributed by atoms with Gasteiger partial charge in [0.25, 0.3) is 5.91 Å². The van der Waals surface area contributed by atoms with Gasteiger partial charge < -0.3 is 10.5 Å². The molecular weight excluding hydrogens is 266 g/mol.